The van der Waals surface area contributed by atoms with E-state index in [1.54, 1.807) is 0 Å². The van der Waals surface area contributed by atoms with Crippen molar-refractivity contribution in [3.63, 3.8) is 0 Å². The Balaban J connectivity index is 0.00000441. The molecule has 0 bridgehead atoms. The molecule has 1 rings (SSSR count). The van der Waals surface area contributed by atoms with E-state index < -0.39 is 6.03 Å². The van der Waals surface area contributed by atoms with Gasteiger partial charge in [0.2, 0.25) is 5.91 Å². The molecule has 0 aromatic rings. The van der Waals surface area contributed by atoms with Gasteiger partial charge in [0.25, 0.3) is 0 Å². The number of rotatable bonds is 2. The summed E-state index contributed by atoms with van der Waals surface area (Å²) in [4.78, 5) is 26.0. The van der Waals surface area contributed by atoms with Crippen molar-refractivity contribution >= 4 is 24.3 Å². The van der Waals surface area contributed by atoms with E-state index >= 15 is 0 Å². The molecule has 6 nitrogen and oxygen atoms in total. The summed E-state index contributed by atoms with van der Waals surface area (Å²) in [6, 6.07) is -0.650. The van der Waals surface area contributed by atoms with Gasteiger partial charge in [-0.2, -0.15) is 0 Å². The number of hydrogen-bond acceptors (Lipinski definition) is 4. The molecule has 7 heteroatoms. The Morgan fingerprint density at radius 3 is 2.32 bits per heavy atom. The maximum atomic E-state index is 12.2. The summed E-state index contributed by atoms with van der Waals surface area (Å²) in [5.74, 6) is -0.275. The molecule has 1 aliphatic rings. The van der Waals surface area contributed by atoms with Crippen LogP contribution in [0.3, 0.4) is 0 Å². The Kier molecular flexibility index (Phi) is 7.32. The Bertz CT molecular complexity index is 407. The molecule has 0 aliphatic carbocycles. The predicted molar refractivity (Wildman–Crippen MR) is 91.1 cm³/mol. The average Bonchev–Trinajstić information content (AvgIpc) is 2.28. The van der Waals surface area contributed by atoms with Gasteiger partial charge in [0.15, 0.2) is 0 Å². The van der Waals surface area contributed by atoms with Gasteiger partial charge < -0.3 is 11.1 Å². The number of piperidine rings is 1. The van der Waals surface area contributed by atoms with Crippen LogP contribution in [0.25, 0.3) is 0 Å². The van der Waals surface area contributed by atoms with Gasteiger partial charge in [-0.05, 0) is 39.5 Å². The normalized spacial score (nSPS) is 23.1. The molecule has 1 saturated heterocycles. The zero-order chi connectivity index (χ0) is 16.4. The standard InChI is InChI=1S/C15H30N4O2.ClH/c1-10(12(20)17-13(21)18-14(2,3)4)19-8-7-11(16)15(5,6)9-19;/h10-11H,7-9,16H2,1-6H3,(H2,17,18,20,21);1H. The topological polar surface area (TPSA) is 87.5 Å². The summed E-state index contributed by atoms with van der Waals surface area (Å²) in [5, 5.41) is 5.13. The smallest absolute Gasteiger partial charge is 0.321 e. The van der Waals surface area contributed by atoms with E-state index in [0.717, 1.165) is 19.5 Å². The third-order valence-electron chi connectivity index (χ3n) is 3.99. The number of urea groups is 1. The van der Waals surface area contributed by atoms with Crippen LogP contribution in [0, 0.1) is 5.41 Å². The second-order valence-electron chi connectivity index (χ2n) is 7.72. The summed E-state index contributed by atoms with van der Waals surface area (Å²) in [6.45, 7) is 13.2. The molecule has 2 atom stereocenters. The molecule has 3 amide bonds. The Hall–Kier alpha value is -0.850. The van der Waals surface area contributed by atoms with Gasteiger partial charge in [-0.25, -0.2) is 4.79 Å². The highest BCUT2D eigenvalue weighted by molar-refractivity contribution is 5.97. The summed E-state index contributed by atoms with van der Waals surface area (Å²) >= 11 is 0. The van der Waals surface area contributed by atoms with Crippen LogP contribution < -0.4 is 16.4 Å². The van der Waals surface area contributed by atoms with Gasteiger partial charge in [0.1, 0.15) is 0 Å². The molecule has 22 heavy (non-hydrogen) atoms. The number of nitrogens with one attached hydrogen (secondary N) is 2. The molecule has 0 saturated carbocycles. The first-order valence-electron chi connectivity index (χ1n) is 7.55. The van der Waals surface area contributed by atoms with Crippen molar-refractivity contribution in [1.29, 1.82) is 0 Å². The first-order chi connectivity index (χ1) is 9.42. The fourth-order valence-corrected chi connectivity index (χ4v) is 2.50. The molecule has 2 unspecified atom stereocenters. The van der Waals surface area contributed by atoms with Crippen LogP contribution in [0.15, 0.2) is 0 Å². The monoisotopic (exact) mass is 334 g/mol. The summed E-state index contributed by atoms with van der Waals surface area (Å²) in [7, 11) is 0. The maximum Gasteiger partial charge on any atom is 0.321 e. The molecular formula is C15H31ClN4O2. The quantitative estimate of drug-likeness (QED) is 0.713. The highest BCUT2D eigenvalue weighted by Crippen LogP contribution is 2.28. The summed E-state index contributed by atoms with van der Waals surface area (Å²) in [5.41, 5.74) is 5.71. The van der Waals surface area contributed by atoms with Gasteiger partial charge in [-0.1, -0.05) is 13.8 Å². The zero-order valence-corrected chi connectivity index (χ0v) is 15.3. The number of carbonyl (C=O) groups is 2. The van der Waals surface area contributed by atoms with Gasteiger partial charge in [0, 0.05) is 24.7 Å². The Morgan fingerprint density at radius 2 is 1.86 bits per heavy atom. The zero-order valence-electron chi connectivity index (χ0n) is 14.5. The van der Waals surface area contributed by atoms with Crippen LogP contribution in [0.5, 0.6) is 0 Å². The van der Waals surface area contributed by atoms with Crippen molar-refractivity contribution in [2.45, 2.75) is 65.6 Å². The molecule has 0 spiro atoms. The molecule has 130 valence electrons. The minimum Gasteiger partial charge on any atom is -0.333 e. The van der Waals surface area contributed by atoms with Crippen LogP contribution in [-0.4, -0.2) is 47.6 Å². The highest BCUT2D eigenvalue weighted by atomic mass is 35.5. The number of nitrogens with two attached hydrogens (primary N) is 1. The molecule has 0 aromatic carbocycles. The largest absolute Gasteiger partial charge is 0.333 e. The number of amides is 3. The number of hydrogen-bond donors (Lipinski definition) is 3. The number of carbonyl (C=O) groups excluding carboxylic acids is 2. The molecule has 0 aromatic heterocycles. The fourth-order valence-electron chi connectivity index (χ4n) is 2.50. The van der Waals surface area contributed by atoms with Crippen LogP contribution in [0.1, 0.15) is 48.0 Å². The number of nitrogens with zero attached hydrogens (tertiary/aromatic N) is 1. The molecule has 1 aliphatic heterocycles. The molecule has 4 N–H and O–H groups in total. The summed E-state index contributed by atoms with van der Waals surface area (Å²) < 4.78 is 0. The third kappa shape index (κ3) is 6.10. The van der Waals surface area contributed by atoms with E-state index in [1.165, 1.54) is 0 Å². The third-order valence-corrected chi connectivity index (χ3v) is 3.99. The SMILES string of the molecule is CC(C(=O)NC(=O)NC(C)(C)C)N1CCC(N)C(C)(C)C1.Cl. The second-order valence-corrected chi connectivity index (χ2v) is 7.72. The lowest BCUT2D eigenvalue weighted by molar-refractivity contribution is -0.126. The highest BCUT2D eigenvalue weighted by Gasteiger charge is 2.37. The van der Waals surface area contributed by atoms with Crippen molar-refractivity contribution < 1.29 is 9.59 Å². The lowest BCUT2D eigenvalue weighted by atomic mass is 9.79. The number of likely N-dealkylation sites (tertiary alicyclic amines) is 1. The van der Waals surface area contributed by atoms with E-state index in [-0.39, 0.29) is 41.4 Å². The fraction of sp³-hybridized carbons (Fsp3) is 0.867. The molecule has 1 heterocycles. The van der Waals surface area contributed by atoms with Gasteiger partial charge >= 0.3 is 6.03 Å². The number of halogens is 1. The number of imide groups is 1. The predicted octanol–water partition coefficient (Wildman–Crippen LogP) is 1.48. The van der Waals surface area contributed by atoms with Gasteiger partial charge in [-0.3, -0.25) is 15.0 Å². The van der Waals surface area contributed by atoms with Crippen LogP contribution in [-0.2, 0) is 4.79 Å². The van der Waals surface area contributed by atoms with E-state index in [1.807, 2.05) is 27.7 Å². The van der Waals surface area contributed by atoms with Crippen LogP contribution >= 0.6 is 12.4 Å². The Morgan fingerprint density at radius 1 is 1.32 bits per heavy atom. The van der Waals surface area contributed by atoms with Crippen molar-refractivity contribution in [3.05, 3.63) is 0 Å². The summed E-state index contributed by atoms with van der Waals surface area (Å²) in [6.07, 6.45) is 0.860. The van der Waals surface area contributed by atoms with Gasteiger partial charge in [-0.15, -0.1) is 12.4 Å². The van der Waals surface area contributed by atoms with Crippen LogP contribution in [0.2, 0.25) is 0 Å². The van der Waals surface area contributed by atoms with Crippen molar-refractivity contribution in [3.8, 4) is 0 Å². The van der Waals surface area contributed by atoms with Crippen molar-refractivity contribution in [2.24, 2.45) is 11.1 Å². The second kappa shape index (κ2) is 7.62. The molecule has 1 fully saturated rings. The minimum atomic E-state index is -0.452. The minimum absolute atomic E-state index is 0. The van der Waals surface area contributed by atoms with E-state index in [2.05, 4.69) is 29.4 Å². The van der Waals surface area contributed by atoms with Crippen molar-refractivity contribution in [2.75, 3.05) is 13.1 Å². The average molecular weight is 335 g/mol. The Labute approximate surface area is 140 Å². The van der Waals surface area contributed by atoms with E-state index in [9.17, 15) is 9.59 Å². The lowest BCUT2D eigenvalue weighted by Gasteiger charge is -2.44. The molecule has 0 radical (unpaired) electrons. The maximum absolute atomic E-state index is 12.2. The molecular weight excluding hydrogens is 304 g/mol. The van der Waals surface area contributed by atoms with Gasteiger partial charge in [0.05, 0.1) is 6.04 Å². The van der Waals surface area contributed by atoms with Crippen LogP contribution in [0.4, 0.5) is 4.79 Å². The van der Waals surface area contributed by atoms with E-state index in [4.69, 9.17) is 5.73 Å². The first-order valence-corrected chi connectivity index (χ1v) is 7.55. The van der Waals surface area contributed by atoms with E-state index in [0.29, 0.717) is 0 Å². The lowest BCUT2D eigenvalue weighted by Crippen LogP contribution is -2.59. The first kappa shape index (κ1) is 21.1. The van der Waals surface area contributed by atoms with Crippen molar-refractivity contribution in [1.82, 2.24) is 15.5 Å².